The SMILES string of the molecule is CC1(C)CN(S(=O)(=O)c2[nH]ncc2CNC2CC2)CCS1. The fraction of sp³-hybridized carbons (Fsp3) is 0.769. The predicted octanol–water partition coefficient (Wildman–Crippen LogP) is 1.18. The lowest BCUT2D eigenvalue weighted by atomic mass is 10.2. The van der Waals surface area contributed by atoms with Gasteiger partial charge in [-0.2, -0.15) is 21.2 Å². The Balaban J connectivity index is 1.79. The van der Waals surface area contributed by atoms with Gasteiger partial charge in [0, 0.05) is 41.7 Å². The maximum Gasteiger partial charge on any atom is 0.260 e. The molecule has 6 nitrogen and oxygen atoms in total. The molecule has 2 aliphatic rings. The van der Waals surface area contributed by atoms with Crippen LogP contribution in [0.5, 0.6) is 0 Å². The second-order valence-corrected chi connectivity index (χ2v) is 10.0. The van der Waals surface area contributed by atoms with Crippen LogP contribution in [-0.4, -0.2) is 52.6 Å². The van der Waals surface area contributed by atoms with Crippen molar-refractivity contribution in [1.29, 1.82) is 0 Å². The number of rotatable bonds is 5. The molecule has 1 saturated carbocycles. The molecule has 1 aliphatic carbocycles. The highest BCUT2D eigenvalue weighted by atomic mass is 32.2. The zero-order valence-corrected chi connectivity index (χ0v) is 14.1. The number of hydrogen-bond acceptors (Lipinski definition) is 5. The molecular weight excluding hydrogens is 308 g/mol. The van der Waals surface area contributed by atoms with Gasteiger partial charge in [-0.1, -0.05) is 0 Å². The number of aromatic nitrogens is 2. The summed E-state index contributed by atoms with van der Waals surface area (Å²) in [5, 5.41) is 10.2. The molecule has 0 spiro atoms. The lowest BCUT2D eigenvalue weighted by Crippen LogP contribution is -2.46. The molecule has 1 saturated heterocycles. The summed E-state index contributed by atoms with van der Waals surface area (Å²) in [7, 11) is -3.49. The van der Waals surface area contributed by atoms with Gasteiger partial charge in [-0.15, -0.1) is 0 Å². The lowest BCUT2D eigenvalue weighted by molar-refractivity contribution is 0.385. The minimum atomic E-state index is -3.49. The minimum Gasteiger partial charge on any atom is -0.310 e. The fourth-order valence-electron chi connectivity index (χ4n) is 2.50. The highest BCUT2D eigenvalue weighted by molar-refractivity contribution is 8.00. The Morgan fingerprint density at radius 1 is 1.52 bits per heavy atom. The zero-order chi connectivity index (χ0) is 15.1. The molecule has 2 fully saturated rings. The number of thioether (sulfide) groups is 1. The van der Waals surface area contributed by atoms with E-state index in [1.54, 1.807) is 10.5 Å². The van der Waals surface area contributed by atoms with Crippen molar-refractivity contribution < 1.29 is 8.42 Å². The quantitative estimate of drug-likeness (QED) is 0.847. The van der Waals surface area contributed by atoms with Crippen LogP contribution < -0.4 is 5.32 Å². The Kier molecular flexibility index (Phi) is 4.06. The van der Waals surface area contributed by atoms with Crippen LogP contribution in [0.1, 0.15) is 32.3 Å². The van der Waals surface area contributed by atoms with Crippen LogP contribution in [-0.2, 0) is 16.6 Å². The third-order valence-corrected chi connectivity index (χ3v) is 6.98. The summed E-state index contributed by atoms with van der Waals surface area (Å²) < 4.78 is 27.2. The summed E-state index contributed by atoms with van der Waals surface area (Å²) in [5.74, 6) is 0.829. The van der Waals surface area contributed by atoms with E-state index in [1.807, 2.05) is 11.8 Å². The van der Waals surface area contributed by atoms with Crippen LogP contribution in [0.25, 0.3) is 0 Å². The molecule has 8 heteroatoms. The van der Waals surface area contributed by atoms with Gasteiger partial charge in [0.25, 0.3) is 10.0 Å². The normalized spacial score (nSPS) is 23.3. The Morgan fingerprint density at radius 3 is 2.95 bits per heavy atom. The van der Waals surface area contributed by atoms with Crippen molar-refractivity contribution in [3.05, 3.63) is 11.8 Å². The van der Waals surface area contributed by atoms with Crippen molar-refractivity contribution in [2.45, 2.75) is 49.0 Å². The van der Waals surface area contributed by atoms with Crippen LogP contribution in [0.2, 0.25) is 0 Å². The van der Waals surface area contributed by atoms with E-state index in [4.69, 9.17) is 0 Å². The van der Waals surface area contributed by atoms with Crippen molar-refractivity contribution in [3.8, 4) is 0 Å². The molecule has 2 N–H and O–H groups in total. The molecule has 1 aromatic rings. The van der Waals surface area contributed by atoms with Gasteiger partial charge >= 0.3 is 0 Å². The number of hydrogen-bond donors (Lipinski definition) is 2. The van der Waals surface area contributed by atoms with Gasteiger partial charge < -0.3 is 5.32 Å². The molecule has 0 amide bonds. The van der Waals surface area contributed by atoms with Gasteiger partial charge in [0.2, 0.25) is 0 Å². The predicted molar refractivity (Wildman–Crippen MR) is 83.7 cm³/mol. The van der Waals surface area contributed by atoms with Crippen molar-refractivity contribution >= 4 is 21.8 Å². The molecule has 1 aromatic heterocycles. The third kappa shape index (κ3) is 3.44. The summed E-state index contributed by atoms with van der Waals surface area (Å²) >= 11 is 1.82. The van der Waals surface area contributed by atoms with Gasteiger partial charge in [0.15, 0.2) is 5.03 Å². The van der Waals surface area contributed by atoms with Gasteiger partial charge in [-0.05, 0) is 26.7 Å². The van der Waals surface area contributed by atoms with Crippen molar-refractivity contribution in [1.82, 2.24) is 19.8 Å². The van der Waals surface area contributed by atoms with Gasteiger partial charge in [0.1, 0.15) is 0 Å². The van der Waals surface area contributed by atoms with Crippen LogP contribution in [0, 0.1) is 0 Å². The van der Waals surface area contributed by atoms with E-state index in [0.717, 1.165) is 11.3 Å². The minimum absolute atomic E-state index is 0.0439. The maximum absolute atomic E-state index is 12.8. The van der Waals surface area contributed by atoms with E-state index in [1.165, 1.54) is 12.8 Å². The molecular formula is C13H22N4O2S2. The topological polar surface area (TPSA) is 78.1 Å². The molecule has 3 rings (SSSR count). The average molecular weight is 330 g/mol. The summed E-state index contributed by atoms with van der Waals surface area (Å²) in [6.07, 6.45) is 3.97. The third-order valence-electron chi connectivity index (χ3n) is 3.83. The van der Waals surface area contributed by atoms with E-state index < -0.39 is 10.0 Å². The highest BCUT2D eigenvalue weighted by Crippen LogP contribution is 2.32. The van der Waals surface area contributed by atoms with Crippen molar-refractivity contribution in [2.24, 2.45) is 0 Å². The van der Waals surface area contributed by atoms with E-state index in [9.17, 15) is 8.42 Å². The van der Waals surface area contributed by atoms with Crippen molar-refractivity contribution in [2.75, 3.05) is 18.8 Å². The number of H-pyrrole nitrogens is 1. The van der Waals surface area contributed by atoms with Gasteiger partial charge in [0.05, 0.1) is 6.20 Å². The maximum atomic E-state index is 12.8. The van der Waals surface area contributed by atoms with Crippen LogP contribution in [0.3, 0.4) is 0 Å². The first-order valence-electron chi connectivity index (χ1n) is 7.28. The number of sulfonamides is 1. The Morgan fingerprint density at radius 2 is 2.29 bits per heavy atom. The summed E-state index contributed by atoms with van der Waals surface area (Å²) in [6, 6.07) is 0.542. The molecule has 0 aromatic carbocycles. The first-order chi connectivity index (χ1) is 9.88. The Bertz CT molecular complexity index is 607. The Labute approximate surface area is 130 Å². The molecule has 2 heterocycles. The summed E-state index contributed by atoms with van der Waals surface area (Å²) in [6.45, 7) is 5.82. The standard InChI is InChI=1S/C13H22N4O2S2/c1-13(2)9-17(5-6-20-13)21(18,19)12-10(8-15-16-12)7-14-11-3-4-11/h8,11,14H,3-7,9H2,1-2H3,(H,15,16). The van der Waals surface area contributed by atoms with E-state index in [2.05, 4.69) is 29.4 Å². The highest BCUT2D eigenvalue weighted by Gasteiger charge is 2.36. The Hall–Kier alpha value is -0.570. The first kappa shape index (κ1) is 15.3. The molecule has 118 valence electrons. The molecule has 1 aliphatic heterocycles. The smallest absolute Gasteiger partial charge is 0.260 e. The second-order valence-electron chi connectivity index (χ2n) is 6.33. The molecule has 21 heavy (non-hydrogen) atoms. The van der Waals surface area contributed by atoms with Crippen molar-refractivity contribution in [3.63, 3.8) is 0 Å². The number of nitrogens with one attached hydrogen (secondary N) is 2. The molecule has 0 bridgehead atoms. The van der Waals surface area contributed by atoms with E-state index in [0.29, 0.717) is 25.7 Å². The monoisotopic (exact) mass is 330 g/mol. The van der Waals surface area contributed by atoms with Crippen LogP contribution in [0.4, 0.5) is 0 Å². The average Bonchev–Trinajstić information content (AvgIpc) is 3.11. The summed E-state index contributed by atoms with van der Waals surface area (Å²) in [5.41, 5.74) is 0.734. The first-order valence-corrected chi connectivity index (χ1v) is 9.71. The fourth-order valence-corrected chi connectivity index (χ4v) is 5.51. The second kappa shape index (κ2) is 5.57. The van der Waals surface area contributed by atoms with E-state index in [-0.39, 0.29) is 9.77 Å². The van der Waals surface area contributed by atoms with Crippen LogP contribution in [0.15, 0.2) is 11.2 Å². The molecule has 0 atom stereocenters. The number of nitrogens with zero attached hydrogens (tertiary/aromatic N) is 2. The molecule has 0 unspecified atom stereocenters. The van der Waals surface area contributed by atoms with E-state index >= 15 is 0 Å². The van der Waals surface area contributed by atoms with Crippen LogP contribution >= 0.6 is 11.8 Å². The number of aromatic amines is 1. The summed E-state index contributed by atoms with van der Waals surface area (Å²) in [4.78, 5) is 0. The zero-order valence-electron chi connectivity index (χ0n) is 12.4. The largest absolute Gasteiger partial charge is 0.310 e. The molecule has 0 radical (unpaired) electrons. The lowest BCUT2D eigenvalue weighted by Gasteiger charge is -2.36. The van der Waals surface area contributed by atoms with Gasteiger partial charge in [-0.25, -0.2) is 8.42 Å². The van der Waals surface area contributed by atoms with Gasteiger partial charge in [-0.3, -0.25) is 5.10 Å².